The molecule has 0 fully saturated rings. The average Bonchev–Trinajstić information content (AvgIpc) is 2.69. The number of nitrogens with zero attached hydrogens (tertiary/aromatic N) is 1. The fourth-order valence-corrected chi connectivity index (χ4v) is 3.76. The lowest BCUT2D eigenvalue weighted by Crippen LogP contribution is -2.08. The molecule has 0 aliphatic rings. The number of fused-ring (bicyclic) bond motifs is 1. The second kappa shape index (κ2) is 7.57. The van der Waals surface area contributed by atoms with Gasteiger partial charge in [-0.1, -0.05) is 47.5 Å². The van der Waals surface area contributed by atoms with Gasteiger partial charge in [0, 0.05) is 11.3 Å². The number of phenolic OH excluding ortho intramolecular Hbond substituents is 1. The van der Waals surface area contributed by atoms with Crippen LogP contribution in [-0.4, -0.2) is 23.8 Å². The highest BCUT2D eigenvalue weighted by Gasteiger charge is 2.18. The van der Waals surface area contributed by atoms with Crippen LogP contribution >= 0.6 is 0 Å². The van der Waals surface area contributed by atoms with E-state index in [2.05, 4.69) is 9.97 Å². The molecule has 0 spiro atoms. The summed E-state index contributed by atoms with van der Waals surface area (Å²) < 4.78 is 35.3. The Bertz CT molecular complexity index is 1290. The molecule has 0 saturated carbocycles. The largest absolute Gasteiger partial charge is 0.772 e. The molecular weight excluding hydrogens is 395 g/mol. The zero-order valence-corrected chi connectivity index (χ0v) is 15.7. The molecule has 29 heavy (non-hydrogen) atoms. The summed E-state index contributed by atoms with van der Waals surface area (Å²) >= 11 is -2.22. The van der Waals surface area contributed by atoms with Crippen LogP contribution in [0.25, 0.3) is 33.2 Å². The number of aromatic amines is 1. The Morgan fingerprint density at radius 2 is 1.72 bits per heavy atom. The Labute approximate surface area is 167 Å². The predicted octanol–water partition coefficient (Wildman–Crippen LogP) is 3.48. The third kappa shape index (κ3) is 3.67. The van der Waals surface area contributed by atoms with E-state index in [1.807, 2.05) is 0 Å². The lowest BCUT2D eigenvalue weighted by Gasteiger charge is -2.15. The van der Waals surface area contributed by atoms with Crippen LogP contribution in [0.5, 0.6) is 5.75 Å². The summed E-state index contributed by atoms with van der Waals surface area (Å²) in [5.74, 6) is -0.703. The molecule has 8 heteroatoms. The van der Waals surface area contributed by atoms with Gasteiger partial charge in [0.1, 0.15) is 17.1 Å². The molecule has 3 aromatic carbocycles. The van der Waals surface area contributed by atoms with Crippen molar-refractivity contribution in [3.05, 3.63) is 82.7 Å². The highest BCUT2D eigenvalue weighted by atomic mass is 32.2. The van der Waals surface area contributed by atoms with Crippen LogP contribution in [0.3, 0.4) is 0 Å². The van der Waals surface area contributed by atoms with Gasteiger partial charge < -0.3 is 14.6 Å². The van der Waals surface area contributed by atoms with Crippen molar-refractivity contribution in [3.63, 3.8) is 0 Å². The molecular formula is C21H14FN2O4S-. The van der Waals surface area contributed by atoms with Crippen LogP contribution in [0.1, 0.15) is 5.56 Å². The minimum atomic E-state index is -2.22. The summed E-state index contributed by atoms with van der Waals surface area (Å²) in [5.41, 5.74) is 2.57. The molecule has 0 saturated heterocycles. The highest BCUT2D eigenvalue weighted by Crippen LogP contribution is 2.40. The first-order valence-electron chi connectivity index (χ1n) is 8.58. The number of halogens is 1. The molecule has 1 atom stereocenters. The normalized spacial score (nSPS) is 12.2. The van der Waals surface area contributed by atoms with Crippen LogP contribution in [0, 0.1) is 5.82 Å². The van der Waals surface area contributed by atoms with E-state index in [0.29, 0.717) is 27.8 Å². The van der Waals surface area contributed by atoms with Crippen molar-refractivity contribution in [2.75, 3.05) is 0 Å². The van der Waals surface area contributed by atoms with Crippen molar-refractivity contribution in [2.24, 2.45) is 0 Å². The molecule has 2 N–H and O–H groups in total. The van der Waals surface area contributed by atoms with Crippen molar-refractivity contribution in [1.82, 2.24) is 9.97 Å². The minimum Gasteiger partial charge on any atom is -0.772 e. The summed E-state index contributed by atoms with van der Waals surface area (Å²) in [7, 11) is 0. The maximum atomic E-state index is 13.4. The van der Waals surface area contributed by atoms with Gasteiger partial charge in [-0.25, -0.2) is 9.37 Å². The Hall–Kier alpha value is -3.36. The maximum Gasteiger partial charge on any atom is 0.259 e. The van der Waals surface area contributed by atoms with E-state index >= 15 is 0 Å². The van der Waals surface area contributed by atoms with Gasteiger partial charge in [0.2, 0.25) is 0 Å². The molecule has 0 aliphatic heterocycles. The lowest BCUT2D eigenvalue weighted by atomic mass is 9.90. The molecule has 4 aromatic rings. The number of hydrogen-bond donors (Lipinski definition) is 2. The maximum absolute atomic E-state index is 13.4. The Balaban J connectivity index is 2.03. The number of rotatable bonds is 4. The van der Waals surface area contributed by atoms with E-state index in [4.69, 9.17) is 0 Å². The summed E-state index contributed by atoms with van der Waals surface area (Å²) in [5, 5.41) is 10.6. The first-order chi connectivity index (χ1) is 13.9. The van der Waals surface area contributed by atoms with Gasteiger partial charge >= 0.3 is 0 Å². The van der Waals surface area contributed by atoms with Gasteiger partial charge in [0.25, 0.3) is 5.56 Å². The number of hydrogen-bond acceptors (Lipinski definition) is 5. The molecule has 6 nitrogen and oxygen atoms in total. The van der Waals surface area contributed by atoms with Gasteiger partial charge in [-0.15, -0.1) is 0 Å². The zero-order chi connectivity index (χ0) is 20.5. The molecule has 0 amide bonds. The summed E-state index contributed by atoms with van der Waals surface area (Å²) in [6.07, 6.45) is 1.21. The van der Waals surface area contributed by atoms with E-state index in [-0.39, 0.29) is 22.4 Å². The van der Waals surface area contributed by atoms with Crippen LogP contribution in [-0.2, 0) is 16.8 Å². The van der Waals surface area contributed by atoms with Crippen molar-refractivity contribution in [1.29, 1.82) is 0 Å². The molecule has 0 bridgehead atoms. The predicted molar refractivity (Wildman–Crippen MR) is 107 cm³/mol. The topological polar surface area (TPSA) is 106 Å². The minimum absolute atomic E-state index is 0.121. The average molecular weight is 409 g/mol. The quantitative estimate of drug-likeness (QED) is 0.502. The third-order valence-corrected chi connectivity index (χ3v) is 5.15. The van der Waals surface area contributed by atoms with Gasteiger partial charge in [-0.3, -0.25) is 9.00 Å². The van der Waals surface area contributed by atoms with Crippen molar-refractivity contribution >= 4 is 22.0 Å². The highest BCUT2D eigenvalue weighted by molar-refractivity contribution is 7.78. The SMILES string of the molecule is O=c1[nH]cnc2c(O)cc(-c3ccc(F)cc3)c(-c3ccc(CS(=O)[O-])cc3)c12. The zero-order valence-electron chi connectivity index (χ0n) is 14.9. The second-order valence-electron chi connectivity index (χ2n) is 6.43. The Kier molecular flexibility index (Phi) is 4.96. The first kappa shape index (κ1) is 19.0. The molecule has 1 unspecified atom stereocenters. The molecule has 0 aliphatic carbocycles. The van der Waals surface area contributed by atoms with E-state index in [1.54, 1.807) is 36.4 Å². The Morgan fingerprint density at radius 3 is 2.38 bits per heavy atom. The first-order valence-corrected chi connectivity index (χ1v) is 9.83. The third-order valence-electron chi connectivity index (χ3n) is 4.58. The fraction of sp³-hybridized carbons (Fsp3) is 0.0476. The molecule has 1 aromatic heterocycles. The summed E-state index contributed by atoms with van der Waals surface area (Å²) in [6.45, 7) is 0. The van der Waals surface area contributed by atoms with Crippen LogP contribution < -0.4 is 5.56 Å². The standard InChI is InChI=1S/C21H15FN2O4S/c22-15-7-5-13(6-8-15)16-9-17(25)20-19(21(26)24-11-23-20)18(16)14-3-1-12(2-4-14)10-29(27)28/h1-9,11,25H,10H2,(H,27,28)(H,23,24,26)/p-1. The lowest BCUT2D eigenvalue weighted by molar-refractivity contribution is 0.480. The van der Waals surface area contributed by atoms with E-state index in [1.165, 1.54) is 24.5 Å². The van der Waals surface area contributed by atoms with Gasteiger partial charge in [0.05, 0.1) is 11.7 Å². The number of aromatic hydroxyl groups is 1. The van der Waals surface area contributed by atoms with E-state index in [9.17, 15) is 23.1 Å². The number of nitrogens with one attached hydrogen (secondary N) is 1. The second-order valence-corrected chi connectivity index (χ2v) is 7.32. The van der Waals surface area contributed by atoms with Crippen molar-refractivity contribution in [2.45, 2.75) is 5.75 Å². The molecule has 146 valence electrons. The summed E-state index contributed by atoms with van der Waals surface area (Å²) in [4.78, 5) is 19.2. The van der Waals surface area contributed by atoms with Crippen LogP contribution in [0.15, 0.2) is 65.7 Å². The van der Waals surface area contributed by atoms with Crippen LogP contribution in [0.4, 0.5) is 4.39 Å². The molecule has 4 rings (SSSR count). The number of aromatic nitrogens is 2. The van der Waals surface area contributed by atoms with E-state index < -0.39 is 22.5 Å². The van der Waals surface area contributed by atoms with Gasteiger partial charge in [-0.2, -0.15) is 0 Å². The number of H-pyrrole nitrogens is 1. The van der Waals surface area contributed by atoms with Gasteiger partial charge in [-0.05, 0) is 40.5 Å². The monoisotopic (exact) mass is 409 g/mol. The van der Waals surface area contributed by atoms with Crippen molar-refractivity contribution in [3.8, 4) is 28.0 Å². The number of phenols is 1. The molecule has 0 radical (unpaired) electrons. The summed E-state index contributed by atoms with van der Waals surface area (Å²) in [6, 6.07) is 13.9. The fourth-order valence-electron chi connectivity index (χ4n) is 3.30. The Morgan fingerprint density at radius 1 is 1.07 bits per heavy atom. The molecule has 1 heterocycles. The van der Waals surface area contributed by atoms with Crippen LogP contribution in [0.2, 0.25) is 0 Å². The smallest absolute Gasteiger partial charge is 0.259 e. The van der Waals surface area contributed by atoms with Gasteiger partial charge in [0.15, 0.2) is 0 Å². The van der Waals surface area contributed by atoms with E-state index in [0.717, 1.165) is 0 Å². The van der Waals surface area contributed by atoms with Crippen molar-refractivity contribution < 1.29 is 18.3 Å². The number of benzene rings is 3.